The molecule has 0 saturated heterocycles. The van der Waals surface area contributed by atoms with Gasteiger partial charge in [-0.1, -0.05) is 6.07 Å². The zero-order chi connectivity index (χ0) is 9.03. The van der Waals surface area contributed by atoms with E-state index in [1.165, 1.54) is 6.08 Å². The topological polar surface area (TPSA) is 47.0 Å². The fourth-order valence-corrected chi connectivity index (χ4v) is 1.05. The van der Waals surface area contributed by atoms with E-state index in [4.69, 9.17) is 0 Å². The molecule has 12 heavy (non-hydrogen) atoms. The number of aromatic nitrogens is 1. The van der Waals surface area contributed by atoms with Crippen molar-refractivity contribution in [3.05, 3.63) is 35.5 Å². The van der Waals surface area contributed by atoms with Crippen LogP contribution < -0.4 is 0 Å². The Bertz CT molecular complexity index is 367. The summed E-state index contributed by atoms with van der Waals surface area (Å²) in [6.45, 7) is 0. The van der Waals surface area contributed by atoms with Gasteiger partial charge in [0.15, 0.2) is 9.84 Å². The van der Waals surface area contributed by atoms with Gasteiger partial charge in [0.1, 0.15) is 0 Å². The molecular formula is C8H9NO2S. The van der Waals surface area contributed by atoms with Crippen LogP contribution in [0.4, 0.5) is 0 Å². The fraction of sp³-hybridized carbons (Fsp3) is 0.125. The van der Waals surface area contributed by atoms with Gasteiger partial charge in [-0.25, -0.2) is 8.42 Å². The van der Waals surface area contributed by atoms with Crippen molar-refractivity contribution in [3.8, 4) is 0 Å². The highest BCUT2D eigenvalue weighted by Gasteiger charge is 1.92. The Morgan fingerprint density at radius 2 is 2.17 bits per heavy atom. The number of pyridine rings is 1. The van der Waals surface area contributed by atoms with Crippen molar-refractivity contribution in [2.75, 3.05) is 6.26 Å². The number of hydrogen-bond acceptors (Lipinski definition) is 3. The molecule has 1 aromatic heterocycles. The molecule has 0 fully saturated rings. The van der Waals surface area contributed by atoms with Crippen LogP contribution in [0.25, 0.3) is 6.08 Å². The highest BCUT2D eigenvalue weighted by molar-refractivity contribution is 7.93. The number of nitrogens with zero attached hydrogens (tertiary/aromatic N) is 1. The molecule has 64 valence electrons. The number of rotatable bonds is 2. The van der Waals surface area contributed by atoms with Gasteiger partial charge in [0.05, 0.1) is 5.69 Å². The first-order valence-electron chi connectivity index (χ1n) is 3.37. The zero-order valence-corrected chi connectivity index (χ0v) is 7.45. The first-order chi connectivity index (χ1) is 5.58. The number of hydrogen-bond donors (Lipinski definition) is 0. The largest absolute Gasteiger partial charge is 0.257 e. The zero-order valence-electron chi connectivity index (χ0n) is 6.64. The van der Waals surface area contributed by atoms with Gasteiger partial charge in [-0.05, 0) is 18.2 Å². The van der Waals surface area contributed by atoms with E-state index in [9.17, 15) is 8.42 Å². The van der Waals surface area contributed by atoms with E-state index < -0.39 is 9.84 Å². The predicted molar refractivity (Wildman–Crippen MR) is 48.1 cm³/mol. The normalized spacial score (nSPS) is 12.1. The van der Waals surface area contributed by atoms with E-state index in [0.717, 1.165) is 11.7 Å². The molecule has 1 heterocycles. The molecule has 0 aromatic carbocycles. The molecule has 0 aliphatic heterocycles. The van der Waals surface area contributed by atoms with E-state index in [2.05, 4.69) is 4.98 Å². The van der Waals surface area contributed by atoms with Crippen molar-refractivity contribution < 1.29 is 8.42 Å². The Kier molecular flexibility index (Phi) is 2.60. The third-order valence-electron chi connectivity index (χ3n) is 1.17. The van der Waals surface area contributed by atoms with E-state index in [-0.39, 0.29) is 0 Å². The third kappa shape index (κ3) is 3.30. The minimum atomic E-state index is -3.04. The Morgan fingerprint density at radius 1 is 1.42 bits per heavy atom. The molecular weight excluding hydrogens is 174 g/mol. The van der Waals surface area contributed by atoms with E-state index in [0.29, 0.717) is 5.69 Å². The molecule has 0 spiro atoms. The lowest BCUT2D eigenvalue weighted by atomic mass is 10.3. The summed E-state index contributed by atoms with van der Waals surface area (Å²) in [5.41, 5.74) is 0.642. The second-order valence-corrected chi connectivity index (χ2v) is 4.32. The van der Waals surface area contributed by atoms with E-state index in [1.807, 2.05) is 0 Å². The second kappa shape index (κ2) is 3.49. The van der Waals surface area contributed by atoms with Crippen LogP contribution in [0.5, 0.6) is 0 Å². The molecule has 0 aliphatic rings. The average molecular weight is 183 g/mol. The van der Waals surface area contributed by atoms with Gasteiger partial charge < -0.3 is 0 Å². The molecule has 1 aromatic rings. The van der Waals surface area contributed by atoms with Crippen LogP contribution in [0.15, 0.2) is 29.8 Å². The predicted octanol–water partition coefficient (Wildman–Crippen LogP) is 1.10. The molecule has 3 nitrogen and oxygen atoms in total. The van der Waals surface area contributed by atoms with Gasteiger partial charge in [0.25, 0.3) is 0 Å². The summed E-state index contributed by atoms with van der Waals surface area (Å²) in [4.78, 5) is 3.93. The molecule has 4 heteroatoms. The summed E-state index contributed by atoms with van der Waals surface area (Å²) in [6, 6.07) is 5.31. The average Bonchev–Trinajstić information content (AvgIpc) is 2.02. The Balaban J connectivity index is 2.85. The van der Waals surface area contributed by atoms with Crippen molar-refractivity contribution in [1.29, 1.82) is 0 Å². The maximum atomic E-state index is 10.7. The molecule has 0 saturated carbocycles. The molecule has 0 radical (unpaired) electrons. The minimum Gasteiger partial charge on any atom is -0.257 e. The maximum absolute atomic E-state index is 10.7. The van der Waals surface area contributed by atoms with Crippen molar-refractivity contribution in [2.24, 2.45) is 0 Å². The number of sulfone groups is 1. The van der Waals surface area contributed by atoms with E-state index >= 15 is 0 Å². The van der Waals surface area contributed by atoms with Crippen LogP contribution in [0, 0.1) is 0 Å². The summed E-state index contributed by atoms with van der Waals surface area (Å²) in [7, 11) is -3.04. The standard InChI is InChI=1S/C8H9NO2S/c1-12(10,11)7-5-8-4-2-3-6-9-8/h2-7H,1H3. The van der Waals surface area contributed by atoms with Gasteiger partial charge in [-0.3, -0.25) is 4.98 Å². The Hall–Kier alpha value is -1.16. The minimum absolute atomic E-state index is 0.642. The van der Waals surface area contributed by atoms with Crippen molar-refractivity contribution in [2.45, 2.75) is 0 Å². The fourth-order valence-electron chi connectivity index (χ4n) is 0.668. The lowest BCUT2D eigenvalue weighted by molar-refractivity contribution is 0.610. The molecule has 0 aliphatic carbocycles. The van der Waals surface area contributed by atoms with Crippen LogP contribution in [-0.2, 0) is 9.84 Å². The van der Waals surface area contributed by atoms with Crippen molar-refractivity contribution in [3.63, 3.8) is 0 Å². The van der Waals surface area contributed by atoms with Gasteiger partial charge >= 0.3 is 0 Å². The van der Waals surface area contributed by atoms with Crippen LogP contribution in [0.1, 0.15) is 5.69 Å². The summed E-state index contributed by atoms with van der Waals surface area (Å²) in [5, 5.41) is 1.13. The molecule has 0 unspecified atom stereocenters. The van der Waals surface area contributed by atoms with Gasteiger partial charge in [0, 0.05) is 17.9 Å². The maximum Gasteiger partial charge on any atom is 0.168 e. The molecule has 0 N–H and O–H groups in total. The van der Waals surface area contributed by atoms with Crippen molar-refractivity contribution in [1.82, 2.24) is 4.98 Å². The summed E-state index contributed by atoms with van der Waals surface area (Å²) in [6.07, 6.45) is 4.23. The monoisotopic (exact) mass is 183 g/mol. The van der Waals surface area contributed by atoms with Crippen molar-refractivity contribution >= 4 is 15.9 Å². The highest BCUT2D eigenvalue weighted by Crippen LogP contribution is 1.98. The first-order valence-corrected chi connectivity index (χ1v) is 5.32. The van der Waals surface area contributed by atoms with Gasteiger partial charge in [-0.15, -0.1) is 0 Å². The smallest absolute Gasteiger partial charge is 0.168 e. The summed E-state index contributed by atoms with van der Waals surface area (Å²) < 4.78 is 21.4. The van der Waals surface area contributed by atoms with Gasteiger partial charge in [-0.2, -0.15) is 0 Å². The second-order valence-electron chi connectivity index (χ2n) is 2.39. The molecule has 0 bridgehead atoms. The van der Waals surface area contributed by atoms with Gasteiger partial charge in [0.2, 0.25) is 0 Å². The molecule has 1 rings (SSSR count). The Morgan fingerprint density at radius 3 is 2.67 bits per heavy atom. The molecule has 0 atom stereocenters. The summed E-state index contributed by atoms with van der Waals surface area (Å²) >= 11 is 0. The molecule has 0 amide bonds. The van der Waals surface area contributed by atoms with E-state index in [1.54, 1.807) is 24.4 Å². The SMILES string of the molecule is CS(=O)(=O)C=Cc1ccccn1. The van der Waals surface area contributed by atoms with Crippen LogP contribution >= 0.6 is 0 Å². The lowest BCUT2D eigenvalue weighted by Gasteiger charge is -1.88. The van der Waals surface area contributed by atoms with Crippen LogP contribution in [0.3, 0.4) is 0 Å². The lowest BCUT2D eigenvalue weighted by Crippen LogP contribution is -1.88. The van der Waals surface area contributed by atoms with Crippen LogP contribution in [0.2, 0.25) is 0 Å². The summed E-state index contributed by atoms with van der Waals surface area (Å²) in [5.74, 6) is 0. The van der Waals surface area contributed by atoms with Crippen LogP contribution in [-0.4, -0.2) is 19.7 Å². The quantitative estimate of drug-likeness (QED) is 0.689. The third-order valence-corrected chi connectivity index (χ3v) is 1.80. The highest BCUT2D eigenvalue weighted by atomic mass is 32.2. The Labute approximate surface area is 71.7 Å². The first kappa shape index (κ1) is 8.93.